The Kier molecular flexibility index (Phi) is 3.69. The Morgan fingerprint density at radius 1 is 1.09 bits per heavy atom. The van der Waals surface area contributed by atoms with Gasteiger partial charge in [-0.3, -0.25) is 14.4 Å². The van der Waals surface area contributed by atoms with Crippen molar-refractivity contribution in [1.82, 2.24) is 0 Å². The molecular weight excluding hydrogens is 280 g/mol. The highest BCUT2D eigenvalue weighted by atomic mass is 16.4. The molecule has 4 heteroatoms. The van der Waals surface area contributed by atoms with Gasteiger partial charge in [0.05, 0.1) is 0 Å². The van der Waals surface area contributed by atoms with Gasteiger partial charge in [-0.05, 0) is 49.9 Å². The molecule has 22 heavy (non-hydrogen) atoms. The smallest absolute Gasteiger partial charge is 0.303 e. The third-order valence-corrected chi connectivity index (χ3v) is 7.16. The summed E-state index contributed by atoms with van der Waals surface area (Å²) < 4.78 is 0. The molecule has 0 saturated heterocycles. The Morgan fingerprint density at radius 2 is 1.77 bits per heavy atom. The van der Waals surface area contributed by atoms with Crippen LogP contribution >= 0.6 is 0 Å². The molecule has 1 N–H and O–H groups in total. The van der Waals surface area contributed by atoms with E-state index in [2.05, 4.69) is 6.92 Å². The normalized spacial score (nSPS) is 44.5. The summed E-state index contributed by atoms with van der Waals surface area (Å²) in [5, 5.41) is 9.01. The molecule has 3 aliphatic rings. The van der Waals surface area contributed by atoms with Gasteiger partial charge in [-0.1, -0.05) is 13.8 Å². The minimum absolute atomic E-state index is 0.0618. The van der Waals surface area contributed by atoms with Gasteiger partial charge in [-0.25, -0.2) is 0 Å². The summed E-state index contributed by atoms with van der Waals surface area (Å²) >= 11 is 0. The van der Waals surface area contributed by atoms with E-state index < -0.39 is 11.4 Å². The van der Waals surface area contributed by atoms with Crippen molar-refractivity contribution < 1.29 is 19.5 Å². The molecule has 0 radical (unpaired) electrons. The van der Waals surface area contributed by atoms with Crippen LogP contribution in [0.4, 0.5) is 0 Å². The second-order valence-corrected chi connectivity index (χ2v) is 8.07. The van der Waals surface area contributed by atoms with E-state index in [0.717, 1.165) is 25.7 Å². The van der Waals surface area contributed by atoms with Crippen molar-refractivity contribution in [2.75, 3.05) is 0 Å². The molecule has 3 rings (SSSR count). The monoisotopic (exact) mass is 306 g/mol. The number of fused-ring (bicyclic) bond motifs is 3. The quantitative estimate of drug-likeness (QED) is 0.869. The molecule has 0 amide bonds. The summed E-state index contributed by atoms with van der Waals surface area (Å²) in [6, 6.07) is 0. The second kappa shape index (κ2) is 5.17. The third kappa shape index (κ3) is 2.14. The molecule has 0 heterocycles. The SMILES string of the molecule is CC1(CCC(=O)O)C(=O)CCC2C1CCC1(C)C(=O)CCC21. The van der Waals surface area contributed by atoms with E-state index in [1.165, 1.54) is 0 Å². The van der Waals surface area contributed by atoms with E-state index in [1.54, 1.807) is 0 Å². The Bertz CT molecular complexity index is 525. The first-order valence-electron chi connectivity index (χ1n) is 8.57. The van der Waals surface area contributed by atoms with E-state index in [1.807, 2.05) is 6.92 Å². The Morgan fingerprint density at radius 3 is 2.45 bits per heavy atom. The molecule has 3 saturated carbocycles. The molecule has 0 aromatic carbocycles. The van der Waals surface area contributed by atoms with Crippen molar-refractivity contribution >= 4 is 17.5 Å². The van der Waals surface area contributed by atoms with Crippen LogP contribution in [0.25, 0.3) is 0 Å². The van der Waals surface area contributed by atoms with Gasteiger partial charge in [0.1, 0.15) is 11.6 Å². The van der Waals surface area contributed by atoms with Gasteiger partial charge < -0.3 is 5.11 Å². The fourth-order valence-corrected chi connectivity index (χ4v) is 5.73. The molecular formula is C18H26O4. The zero-order valence-corrected chi connectivity index (χ0v) is 13.6. The van der Waals surface area contributed by atoms with Crippen molar-refractivity contribution in [3.8, 4) is 0 Å². The lowest BCUT2D eigenvalue weighted by atomic mass is 9.49. The molecule has 0 aliphatic heterocycles. The van der Waals surface area contributed by atoms with Gasteiger partial charge in [-0.2, -0.15) is 0 Å². The fraction of sp³-hybridized carbons (Fsp3) is 0.833. The molecule has 5 atom stereocenters. The minimum Gasteiger partial charge on any atom is -0.481 e. The number of ketones is 2. The summed E-state index contributed by atoms with van der Waals surface area (Å²) in [6.45, 7) is 4.10. The Labute approximate surface area is 131 Å². The van der Waals surface area contributed by atoms with Crippen LogP contribution in [0.5, 0.6) is 0 Å². The van der Waals surface area contributed by atoms with Crippen LogP contribution in [0, 0.1) is 28.6 Å². The van der Waals surface area contributed by atoms with E-state index in [9.17, 15) is 14.4 Å². The van der Waals surface area contributed by atoms with Gasteiger partial charge in [0.15, 0.2) is 0 Å². The molecule has 5 unspecified atom stereocenters. The van der Waals surface area contributed by atoms with Crippen molar-refractivity contribution in [1.29, 1.82) is 0 Å². The summed E-state index contributed by atoms with van der Waals surface area (Å²) in [6.07, 6.45) is 5.35. The summed E-state index contributed by atoms with van der Waals surface area (Å²) in [4.78, 5) is 35.8. The minimum atomic E-state index is -0.826. The maximum absolute atomic E-state index is 12.6. The second-order valence-electron chi connectivity index (χ2n) is 8.07. The average Bonchev–Trinajstić information content (AvgIpc) is 2.77. The number of rotatable bonds is 3. The summed E-state index contributed by atoms with van der Waals surface area (Å²) in [5.41, 5.74) is -0.691. The number of aliphatic carboxylic acids is 1. The van der Waals surface area contributed by atoms with E-state index in [-0.39, 0.29) is 23.5 Å². The molecule has 4 nitrogen and oxygen atoms in total. The van der Waals surface area contributed by atoms with Gasteiger partial charge in [0.2, 0.25) is 0 Å². The third-order valence-electron chi connectivity index (χ3n) is 7.16. The van der Waals surface area contributed by atoms with Crippen LogP contribution in [0.15, 0.2) is 0 Å². The van der Waals surface area contributed by atoms with Crippen LogP contribution in [-0.4, -0.2) is 22.6 Å². The van der Waals surface area contributed by atoms with Crippen LogP contribution in [0.1, 0.15) is 65.2 Å². The number of carbonyl (C=O) groups excluding carboxylic acids is 2. The summed E-state index contributed by atoms with van der Waals surface area (Å²) in [7, 11) is 0. The first kappa shape index (κ1) is 15.7. The topological polar surface area (TPSA) is 71.4 Å². The number of Topliss-reactive ketones (excluding diaryl/α,β-unsaturated/α-hetero) is 2. The first-order valence-corrected chi connectivity index (χ1v) is 8.57. The standard InChI is InChI=1S/C18H26O4/c1-17-9-7-13-11(12(17)4-6-15(17)20)3-5-14(19)18(13,2)10-8-16(21)22/h11-13H,3-10H2,1-2H3,(H,21,22). The van der Waals surface area contributed by atoms with Crippen LogP contribution in [0.2, 0.25) is 0 Å². The van der Waals surface area contributed by atoms with Crippen molar-refractivity contribution in [2.45, 2.75) is 65.2 Å². The van der Waals surface area contributed by atoms with Crippen LogP contribution in [-0.2, 0) is 14.4 Å². The van der Waals surface area contributed by atoms with Crippen LogP contribution < -0.4 is 0 Å². The number of hydrogen-bond donors (Lipinski definition) is 1. The highest BCUT2D eigenvalue weighted by Crippen LogP contribution is 2.61. The van der Waals surface area contributed by atoms with Gasteiger partial charge in [0, 0.05) is 30.1 Å². The van der Waals surface area contributed by atoms with Gasteiger partial charge in [0.25, 0.3) is 0 Å². The average molecular weight is 306 g/mol. The van der Waals surface area contributed by atoms with Gasteiger partial charge in [-0.15, -0.1) is 0 Å². The van der Waals surface area contributed by atoms with Gasteiger partial charge >= 0.3 is 5.97 Å². The maximum atomic E-state index is 12.6. The number of carbonyl (C=O) groups is 3. The first-order chi connectivity index (χ1) is 10.3. The van der Waals surface area contributed by atoms with Crippen molar-refractivity contribution in [3.63, 3.8) is 0 Å². The maximum Gasteiger partial charge on any atom is 0.303 e. The molecule has 3 fully saturated rings. The Hall–Kier alpha value is -1.19. The molecule has 0 bridgehead atoms. The van der Waals surface area contributed by atoms with E-state index >= 15 is 0 Å². The van der Waals surface area contributed by atoms with Crippen molar-refractivity contribution in [3.05, 3.63) is 0 Å². The zero-order chi connectivity index (χ0) is 16.1. The molecule has 0 aromatic heterocycles. The Balaban J connectivity index is 1.88. The predicted octanol–water partition coefficient (Wildman–Crippen LogP) is 3.23. The number of carboxylic acids is 1. The molecule has 0 spiro atoms. The zero-order valence-electron chi connectivity index (χ0n) is 13.6. The fourth-order valence-electron chi connectivity index (χ4n) is 5.73. The molecule has 122 valence electrons. The van der Waals surface area contributed by atoms with E-state index in [4.69, 9.17) is 5.11 Å². The highest BCUT2D eigenvalue weighted by molar-refractivity contribution is 5.88. The number of hydrogen-bond acceptors (Lipinski definition) is 3. The highest BCUT2D eigenvalue weighted by Gasteiger charge is 2.59. The van der Waals surface area contributed by atoms with Crippen LogP contribution in [0.3, 0.4) is 0 Å². The van der Waals surface area contributed by atoms with Crippen molar-refractivity contribution in [2.24, 2.45) is 28.6 Å². The predicted molar refractivity (Wildman–Crippen MR) is 81.3 cm³/mol. The molecule has 0 aromatic rings. The lowest BCUT2D eigenvalue weighted by Crippen LogP contribution is -2.52. The summed E-state index contributed by atoms with van der Waals surface area (Å²) in [5.74, 6) is 0.894. The lowest BCUT2D eigenvalue weighted by Gasteiger charge is -2.54. The van der Waals surface area contributed by atoms with E-state index in [0.29, 0.717) is 36.9 Å². The number of carboxylic acid groups (broad SMARTS) is 1. The largest absolute Gasteiger partial charge is 0.481 e. The molecule has 3 aliphatic carbocycles. The lowest BCUT2D eigenvalue weighted by molar-refractivity contribution is -0.149.